The second-order valence-corrected chi connectivity index (χ2v) is 3.82. The maximum atomic E-state index is 3.44. The minimum Gasteiger partial charge on any atom is -0.0654 e. The van der Waals surface area contributed by atoms with Crippen molar-refractivity contribution in [2.75, 3.05) is 0 Å². The van der Waals surface area contributed by atoms with Gasteiger partial charge < -0.3 is 0 Å². The molecule has 0 saturated heterocycles. The van der Waals surface area contributed by atoms with Gasteiger partial charge in [0.2, 0.25) is 0 Å². The lowest BCUT2D eigenvalue weighted by atomic mass is 9.92. The average molecular weight is 193 g/mol. The lowest BCUT2D eigenvalue weighted by Crippen LogP contribution is -1.99. The highest BCUT2D eigenvalue weighted by atomic mass is 14.1. The van der Waals surface area contributed by atoms with Gasteiger partial charge in [-0.3, -0.25) is 0 Å². The maximum absolute atomic E-state index is 3.44. The zero-order valence-corrected chi connectivity index (χ0v) is 10.3. The van der Waals surface area contributed by atoms with Crippen molar-refractivity contribution in [3.63, 3.8) is 0 Å². The van der Waals surface area contributed by atoms with Crippen molar-refractivity contribution < 1.29 is 0 Å². The third-order valence-electron chi connectivity index (χ3n) is 2.55. The van der Waals surface area contributed by atoms with Gasteiger partial charge >= 0.3 is 0 Å². The number of rotatable bonds is 7. The van der Waals surface area contributed by atoms with Gasteiger partial charge in [0.1, 0.15) is 0 Å². The van der Waals surface area contributed by atoms with Crippen LogP contribution < -0.4 is 0 Å². The molecule has 0 aliphatic heterocycles. The SMILES string of the molecule is C/C=C\C(=[C+]CC)CC(CC)CCC. The van der Waals surface area contributed by atoms with Gasteiger partial charge in [-0.05, 0) is 25.8 Å². The molecular formula is C14H25+. The molecule has 1 atom stereocenters. The Balaban J connectivity index is 4.18. The van der Waals surface area contributed by atoms with E-state index in [0.29, 0.717) is 0 Å². The predicted octanol–water partition coefficient (Wildman–Crippen LogP) is 4.92. The van der Waals surface area contributed by atoms with Crippen LogP contribution in [-0.4, -0.2) is 0 Å². The summed E-state index contributed by atoms with van der Waals surface area (Å²) in [6, 6.07) is 0. The zero-order valence-electron chi connectivity index (χ0n) is 10.3. The molecule has 0 saturated carbocycles. The van der Waals surface area contributed by atoms with Crippen molar-refractivity contribution in [2.45, 2.75) is 59.8 Å². The predicted molar refractivity (Wildman–Crippen MR) is 65.2 cm³/mol. The number of hydrogen-bond acceptors (Lipinski definition) is 0. The Morgan fingerprint density at radius 1 is 1.29 bits per heavy atom. The van der Waals surface area contributed by atoms with Crippen LogP contribution in [0.25, 0.3) is 0 Å². The van der Waals surface area contributed by atoms with Crippen LogP contribution in [0.4, 0.5) is 0 Å². The standard InChI is InChI=1S/C14H25/c1-5-9-13(8-4)12-14(10-6-2)11-7-3/h6,10,13H,5,7-9,12H2,1-4H3/q+1/b10-6-. The molecule has 0 bridgehead atoms. The summed E-state index contributed by atoms with van der Waals surface area (Å²) in [6.07, 6.45) is 14.0. The molecule has 0 heterocycles. The van der Waals surface area contributed by atoms with Crippen LogP contribution in [0.15, 0.2) is 17.7 Å². The lowest BCUT2D eigenvalue weighted by Gasteiger charge is -2.10. The molecule has 0 spiro atoms. The van der Waals surface area contributed by atoms with Gasteiger partial charge in [-0.1, -0.05) is 33.1 Å². The topological polar surface area (TPSA) is 0 Å². The van der Waals surface area contributed by atoms with Crippen molar-refractivity contribution >= 4 is 0 Å². The van der Waals surface area contributed by atoms with Crippen LogP contribution in [0.5, 0.6) is 0 Å². The molecule has 0 aromatic heterocycles. The fourth-order valence-corrected chi connectivity index (χ4v) is 1.80. The first-order chi connectivity index (χ1) is 6.78. The van der Waals surface area contributed by atoms with Gasteiger partial charge in [-0.2, -0.15) is 0 Å². The normalized spacial score (nSPS) is 14.4. The van der Waals surface area contributed by atoms with E-state index < -0.39 is 0 Å². The van der Waals surface area contributed by atoms with Crippen molar-refractivity contribution in [2.24, 2.45) is 5.92 Å². The molecule has 0 aromatic rings. The summed E-state index contributed by atoms with van der Waals surface area (Å²) in [6.45, 7) is 8.80. The quantitative estimate of drug-likeness (QED) is 0.398. The van der Waals surface area contributed by atoms with E-state index in [9.17, 15) is 0 Å². The van der Waals surface area contributed by atoms with E-state index in [2.05, 4.69) is 45.9 Å². The Hall–Kier alpha value is -0.610. The molecular weight excluding hydrogens is 168 g/mol. The molecule has 0 aliphatic carbocycles. The lowest BCUT2D eigenvalue weighted by molar-refractivity contribution is 0.463. The van der Waals surface area contributed by atoms with Crippen molar-refractivity contribution in [3.05, 3.63) is 23.8 Å². The Labute approximate surface area is 90.1 Å². The Bertz CT molecular complexity index is 174. The highest BCUT2D eigenvalue weighted by molar-refractivity contribution is 5.15. The second-order valence-electron chi connectivity index (χ2n) is 3.82. The van der Waals surface area contributed by atoms with Crippen LogP contribution in [0, 0.1) is 12.0 Å². The summed E-state index contributed by atoms with van der Waals surface area (Å²) in [4.78, 5) is 0. The minimum absolute atomic E-state index is 0.852. The number of hydrogen-bond donors (Lipinski definition) is 0. The summed E-state index contributed by atoms with van der Waals surface area (Å²) in [5, 5.41) is 0. The fourth-order valence-electron chi connectivity index (χ4n) is 1.80. The molecule has 14 heavy (non-hydrogen) atoms. The summed E-state index contributed by atoms with van der Waals surface area (Å²) in [5.41, 5.74) is 1.40. The molecule has 0 fully saturated rings. The number of allylic oxidation sites excluding steroid dienone is 4. The monoisotopic (exact) mass is 193 g/mol. The molecule has 0 aromatic carbocycles. The van der Waals surface area contributed by atoms with Gasteiger partial charge in [-0.25, -0.2) is 0 Å². The highest BCUT2D eigenvalue weighted by Gasteiger charge is 2.11. The first kappa shape index (κ1) is 13.4. The van der Waals surface area contributed by atoms with Crippen molar-refractivity contribution in [3.8, 4) is 0 Å². The van der Waals surface area contributed by atoms with Crippen LogP contribution in [0.1, 0.15) is 59.8 Å². The molecule has 80 valence electrons. The van der Waals surface area contributed by atoms with Gasteiger partial charge in [0.25, 0.3) is 0 Å². The van der Waals surface area contributed by atoms with Gasteiger partial charge in [0.15, 0.2) is 5.57 Å². The smallest absolute Gasteiger partial charge is 0.0654 e. The Kier molecular flexibility index (Phi) is 8.57. The third kappa shape index (κ3) is 5.94. The van der Waals surface area contributed by atoms with E-state index >= 15 is 0 Å². The fraction of sp³-hybridized carbons (Fsp3) is 0.714. The minimum atomic E-state index is 0.852. The molecule has 0 nitrogen and oxygen atoms in total. The molecule has 0 radical (unpaired) electrons. The molecule has 0 heteroatoms. The summed E-state index contributed by atoms with van der Waals surface area (Å²) in [5.74, 6) is 0.852. The summed E-state index contributed by atoms with van der Waals surface area (Å²) in [7, 11) is 0. The van der Waals surface area contributed by atoms with Crippen LogP contribution in [0.3, 0.4) is 0 Å². The molecule has 0 amide bonds. The Morgan fingerprint density at radius 2 is 2.00 bits per heavy atom. The second kappa shape index (κ2) is 8.97. The van der Waals surface area contributed by atoms with Crippen LogP contribution in [0.2, 0.25) is 0 Å². The van der Waals surface area contributed by atoms with Crippen molar-refractivity contribution in [1.82, 2.24) is 0 Å². The first-order valence-electron chi connectivity index (χ1n) is 6.00. The van der Waals surface area contributed by atoms with E-state index in [0.717, 1.165) is 12.3 Å². The zero-order chi connectivity index (χ0) is 10.8. The van der Waals surface area contributed by atoms with E-state index in [1.54, 1.807) is 0 Å². The largest absolute Gasteiger partial charge is 0.167 e. The highest BCUT2D eigenvalue weighted by Crippen LogP contribution is 2.21. The van der Waals surface area contributed by atoms with E-state index in [1.807, 2.05) is 0 Å². The van der Waals surface area contributed by atoms with Gasteiger partial charge in [0, 0.05) is 6.42 Å². The molecule has 0 N–H and O–H groups in total. The molecule has 0 rings (SSSR count). The van der Waals surface area contributed by atoms with Crippen molar-refractivity contribution in [1.29, 1.82) is 0 Å². The van der Waals surface area contributed by atoms with E-state index in [1.165, 1.54) is 31.3 Å². The van der Waals surface area contributed by atoms with Gasteiger partial charge in [0.05, 0.1) is 18.6 Å². The first-order valence-corrected chi connectivity index (χ1v) is 6.00. The third-order valence-corrected chi connectivity index (χ3v) is 2.55. The van der Waals surface area contributed by atoms with Crippen LogP contribution in [-0.2, 0) is 0 Å². The Morgan fingerprint density at radius 3 is 2.43 bits per heavy atom. The molecule has 0 aliphatic rings. The summed E-state index contributed by atoms with van der Waals surface area (Å²) >= 11 is 0. The maximum Gasteiger partial charge on any atom is 0.167 e. The van der Waals surface area contributed by atoms with E-state index in [-0.39, 0.29) is 0 Å². The van der Waals surface area contributed by atoms with Gasteiger partial charge in [-0.15, -0.1) is 0 Å². The molecule has 1 unspecified atom stereocenters. The van der Waals surface area contributed by atoms with Crippen LogP contribution >= 0.6 is 0 Å². The summed E-state index contributed by atoms with van der Waals surface area (Å²) < 4.78 is 0. The van der Waals surface area contributed by atoms with E-state index in [4.69, 9.17) is 0 Å². The average Bonchev–Trinajstić information content (AvgIpc) is 2.18.